The van der Waals surface area contributed by atoms with Crippen molar-refractivity contribution >= 4 is 5.82 Å². The fourth-order valence-corrected chi connectivity index (χ4v) is 2.86. The number of hydrogen-bond donors (Lipinski definition) is 1. The predicted molar refractivity (Wildman–Crippen MR) is 101 cm³/mol. The number of hydrogen-bond acceptors (Lipinski definition) is 5. The second-order valence-electron chi connectivity index (χ2n) is 6.22. The molecule has 1 saturated carbocycles. The van der Waals surface area contributed by atoms with E-state index in [1.807, 2.05) is 25.1 Å². The summed E-state index contributed by atoms with van der Waals surface area (Å²) in [6, 6.07) is 9.54. The SMILES string of the molecule is Cc1cn[c-]cn1.O=c1ccccn1-c1ccc(NC2CCCC2)nc1.[Na+]. The molecule has 6 nitrogen and oxygen atoms in total. The van der Waals surface area contributed by atoms with Crippen LogP contribution in [0.25, 0.3) is 5.69 Å². The van der Waals surface area contributed by atoms with Crippen molar-refractivity contribution in [3.05, 3.63) is 77.4 Å². The molecule has 7 heteroatoms. The van der Waals surface area contributed by atoms with E-state index in [1.165, 1.54) is 25.7 Å². The molecule has 1 fully saturated rings. The van der Waals surface area contributed by atoms with E-state index in [1.54, 1.807) is 41.5 Å². The third-order valence-electron chi connectivity index (χ3n) is 4.21. The van der Waals surface area contributed by atoms with Crippen molar-refractivity contribution in [3.8, 4) is 5.69 Å². The summed E-state index contributed by atoms with van der Waals surface area (Å²) in [7, 11) is 0. The molecule has 0 unspecified atom stereocenters. The maximum Gasteiger partial charge on any atom is 1.00 e. The molecule has 0 atom stereocenters. The summed E-state index contributed by atoms with van der Waals surface area (Å²) in [5.41, 5.74) is 1.68. The Bertz CT molecular complexity index is 861. The van der Waals surface area contributed by atoms with Crippen LogP contribution < -0.4 is 40.4 Å². The van der Waals surface area contributed by atoms with Crippen LogP contribution >= 0.6 is 0 Å². The maximum absolute atomic E-state index is 11.7. The van der Waals surface area contributed by atoms with Crippen LogP contribution in [0.15, 0.2) is 59.9 Å². The minimum Gasteiger partial charge on any atom is -0.456 e. The van der Waals surface area contributed by atoms with Crippen LogP contribution in [0.4, 0.5) is 5.82 Å². The zero-order chi connectivity index (χ0) is 18.2. The second-order valence-corrected chi connectivity index (χ2v) is 6.22. The van der Waals surface area contributed by atoms with Gasteiger partial charge in [0.2, 0.25) is 0 Å². The first-order valence-corrected chi connectivity index (χ1v) is 8.78. The maximum atomic E-state index is 11.7. The first kappa shape index (κ1) is 21.3. The molecule has 0 bridgehead atoms. The van der Waals surface area contributed by atoms with E-state index in [2.05, 4.69) is 26.5 Å². The normalized spacial score (nSPS) is 13.2. The van der Waals surface area contributed by atoms with Crippen LogP contribution in [-0.4, -0.2) is 25.6 Å². The Hall–Kier alpha value is -2.02. The van der Waals surface area contributed by atoms with Gasteiger partial charge in [0.25, 0.3) is 5.56 Å². The van der Waals surface area contributed by atoms with Crippen LogP contribution in [0.5, 0.6) is 0 Å². The summed E-state index contributed by atoms with van der Waals surface area (Å²) in [5.74, 6) is 0.889. The summed E-state index contributed by atoms with van der Waals surface area (Å²) in [6.07, 6.45) is 14.3. The molecule has 1 N–H and O–H groups in total. The van der Waals surface area contributed by atoms with Gasteiger partial charge in [-0.05, 0) is 49.9 Å². The van der Waals surface area contributed by atoms with Crippen LogP contribution in [0.1, 0.15) is 31.4 Å². The molecule has 3 aromatic heterocycles. The molecule has 3 heterocycles. The van der Waals surface area contributed by atoms with E-state index < -0.39 is 0 Å². The van der Waals surface area contributed by atoms with Crippen LogP contribution in [0, 0.1) is 13.1 Å². The number of nitrogens with zero attached hydrogens (tertiary/aromatic N) is 4. The molecule has 4 rings (SSSR count). The molecular formula is C20H22N5NaO. The first-order chi connectivity index (χ1) is 12.7. The van der Waals surface area contributed by atoms with Crippen molar-refractivity contribution in [3.63, 3.8) is 0 Å². The monoisotopic (exact) mass is 371 g/mol. The van der Waals surface area contributed by atoms with Gasteiger partial charge in [-0.25, -0.2) is 4.98 Å². The number of aromatic nitrogens is 4. The van der Waals surface area contributed by atoms with Crippen molar-refractivity contribution in [1.82, 2.24) is 19.5 Å². The zero-order valence-corrected chi connectivity index (χ0v) is 17.8. The Morgan fingerprint density at radius 3 is 2.48 bits per heavy atom. The van der Waals surface area contributed by atoms with E-state index in [-0.39, 0.29) is 35.1 Å². The second kappa shape index (κ2) is 11.0. The minimum absolute atomic E-state index is 0. The quantitative estimate of drug-likeness (QED) is 0.525. The topological polar surface area (TPSA) is 72.7 Å². The molecule has 27 heavy (non-hydrogen) atoms. The molecule has 3 aromatic rings. The molecular weight excluding hydrogens is 349 g/mol. The van der Waals surface area contributed by atoms with Crippen molar-refractivity contribution in [2.75, 3.05) is 5.32 Å². The van der Waals surface area contributed by atoms with Gasteiger partial charge in [0.05, 0.1) is 11.9 Å². The standard InChI is InChI=1S/C15H17N3O.C5H5N2.Na/c19-15-7-3-4-10-18(15)13-8-9-14(16-11-13)17-12-5-1-2-6-12;1-5-4-6-2-3-7-5;/h3-4,7-12H,1-2,5-6H2,(H,16,17);3-4H,1H3;/q;-1;+1. The van der Waals surface area contributed by atoms with Crippen LogP contribution in [0.3, 0.4) is 0 Å². The fraction of sp³-hybridized carbons (Fsp3) is 0.300. The van der Waals surface area contributed by atoms with Gasteiger partial charge in [-0.2, -0.15) is 0 Å². The third kappa shape index (κ3) is 6.57. The Morgan fingerprint density at radius 1 is 1.11 bits per heavy atom. The molecule has 1 aliphatic carbocycles. The van der Waals surface area contributed by atoms with Crippen molar-refractivity contribution < 1.29 is 29.6 Å². The number of pyridine rings is 2. The molecule has 134 valence electrons. The van der Waals surface area contributed by atoms with Gasteiger partial charge >= 0.3 is 29.6 Å². The summed E-state index contributed by atoms with van der Waals surface area (Å²) in [5, 5.41) is 3.44. The molecule has 0 saturated heterocycles. The van der Waals surface area contributed by atoms with Gasteiger partial charge in [-0.3, -0.25) is 14.3 Å². The minimum atomic E-state index is -0.0409. The zero-order valence-electron chi connectivity index (χ0n) is 15.8. The smallest absolute Gasteiger partial charge is 0.456 e. The summed E-state index contributed by atoms with van der Waals surface area (Å²) in [4.78, 5) is 23.6. The predicted octanol–water partition coefficient (Wildman–Crippen LogP) is 0.176. The molecule has 0 aliphatic heterocycles. The Balaban J connectivity index is 0.000000278. The van der Waals surface area contributed by atoms with Gasteiger partial charge in [-0.15, -0.1) is 12.4 Å². The Kier molecular flexibility index (Phi) is 8.64. The third-order valence-corrected chi connectivity index (χ3v) is 4.21. The van der Waals surface area contributed by atoms with Gasteiger partial charge < -0.3 is 10.3 Å². The molecule has 1 aliphatic rings. The average molecular weight is 371 g/mol. The van der Waals surface area contributed by atoms with E-state index in [0.29, 0.717) is 6.04 Å². The van der Waals surface area contributed by atoms with E-state index in [9.17, 15) is 4.79 Å². The van der Waals surface area contributed by atoms with Crippen molar-refractivity contribution in [2.45, 2.75) is 38.6 Å². The summed E-state index contributed by atoms with van der Waals surface area (Å²) >= 11 is 0. The average Bonchev–Trinajstić information content (AvgIpc) is 3.17. The molecule has 0 aromatic carbocycles. The van der Waals surface area contributed by atoms with E-state index >= 15 is 0 Å². The summed E-state index contributed by atoms with van der Waals surface area (Å²) < 4.78 is 1.59. The van der Waals surface area contributed by atoms with Gasteiger partial charge in [0.1, 0.15) is 5.82 Å². The fourth-order valence-electron chi connectivity index (χ4n) is 2.86. The van der Waals surface area contributed by atoms with Crippen LogP contribution in [0.2, 0.25) is 0 Å². The largest absolute Gasteiger partial charge is 1.00 e. The Morgan fingerprint density at radius 2 is 1.93 bits per heavy atom. The number of anilines is 1. The van der Waals surface area contributed by atoms with Crippen molar-refractivity contribution in [1.29, 1.82) is 0 Å². The number of rotatable bonds is 3. The summed E-state index contributed by atoms with van der Waals surface area (Å²) in [6.45, 7) is 1.89. The van der Waals surface area contributed by atoms with Crippen LogP contribution in [-0.2, 0) is 0 Å². The first-order valence-electron chi connectivity index (χ1n) is 8.78. The Labute approximate surface area is 181 Å². The molecule has 0 spiro atoms. The number of aryl methyl sites for hydroxylation is 1. The number of nitrogens with one attached hydrogen (secondary N) is 1. The van der Waals surface area contributed by atoms with Gasteiger partial charge in [0, 0.05) is 18.3 Å². The molecule has 0 radical (unpaired) electrons. The van der Waals surface area contributed by atoms with E-state index in [4.69, 9.17) is 0 Å². The van der Waals surface area contributed by atoms with Gasteiger partial charge in [0.15, 0.2) is 0 Å². The van der Waals surface area contributed by atoms with Crippen molar-refractivity contribution in [2.24, 2.45) is 0 Å². The van der Waals surface area contributed by atoms with E-state index in [0.717, 1.165) is 17.2 Å². The molecule has 0 amide bonds. The van der Waals surface area contributed by atoms with Gasteiger partial charge in [-0.1, -0.05) is 18.9 Å².